The van der Waals surface area contributed by atoms with Crippen LogP contribution in [0.2, 0.25) is 0 Å². The SMILES string of the molecule is Cc1cc(F)ccc1C(=O)N(CC1CC1)C1CC1. The van der Waals surface area contributed by atoms with Gasteiger partial charge in [0, 0.05) is 18.2 Å². The fraction of sp³-hybridized carbons (Fsp3) is 0.533. The molecule has 2 fully saturated rings. The highest BCUT2D eigenvalue weighted by molar-refractivity contribution is 5.96. The van der Waals surface area contributed by atoms with Crippen LogP contribution < -0.4 is 0 Å². The molecule has 2 nitrogen and oxygen atoms in total. The van der Waals surface area contributed by atoms with Gasteiger partial charge in [-0.3, -0.25) is 4.79 Å². The molecule has 2 aliphatic carbocycles. The van der Waals surface area contributed by atoms with E-state index in [-0.39, 0.29) is 11.7 Å². The Kier molecular flexibility index (Phi) is 2.84. The first-order chi connectivity index (χ1) is 8.65. The summed E-state index contributed by atoms with van der Waals surface area (Å²) >= 11 is 0. The maximum Gasteiger partial charge on any atom is 0.254 e. The average molecular weight is 247 g/mol. The van der Waals surface area contributed by atoms with Gasteiger partial charge in [-0.1, -0.05) is 0 Å². The number of halogens is 1. The maximum absolute atomic E-state index is 13.1. The molecule has 0 aliphatic heterocycles. The molecule has 96 valence electrons. The first-order valence-corrected chi connectivity index (χ1v) is 6.72. The zero-order chi connectivity index (χ0) is 12.7. The maximum atomic E-state index is 13.1. The minimum absolute atomic E-state index is 0.0851. The summed E-state index contributed by atoms with van der Waals surface area (Å²) in [6.07, 6.45) is 4.75. The first-order valence-electron chi connectivity index (χ1n) is 6.72. The van der Waals surface area contributed by atoms with Gasteiger partial charge in [0.25, 0.3) is 5.91 Å². The summed E-state index contributed by atoms with van der Waals surface area (Å²) in [7, 11) is 0. The van der Waals surface area contributed by atoms with E-state index < -0.39 is 0 Å². The molecule has 2 saturated carbocycles. The van der Waals surface area contributed by atoms with Gasteiger partial charge in [0.05, 0.1) is 0 Å². The Morgan fingerprint density at radius 1 is 1.33 bits per heavy atom. The number of carbonyl (C=O) groups is 1. The number of hydrogen-bond donors (Lipinski definition) is 0. The van der Waals surface area contributed by atoms with Gasteiger partial charge in [-0.25, -0.2) is 4.39 Å². The molecule has 2 aliphatic rings. The van der Waals surface area contributed by atoms with Crippen LogP contribution in [0, 0.1) is 18.7 Å². The van der Waals surface area contributed by atoms with Crippen LogP contribution >= 0.6 is 0 Å². The Morgan fingerprint density at radius 3 is 2.61 bits per heavy atom. The van der Waals surface area contributed by atoms with Crippen molar-refractivity contribution in [3.63, 3.8) is 0 Å². The quantitative estimate of drug-likeness (QED) is 0.800. The summed E-state index contributed by atoms with van der Waals surface area (Å²) in [4.78, 5) is 14.5. The van der Waals surface area contributed by atoms with E-state index in [0.717, 1.165) is 24.9 Å². The van der Waals surface area contributed by atoms with Crippen molar-refractivity contribution < 1.29 is 9.18 Å². The van der Waals surface area contributed by atoms with Crippen LogP contribution in [-0.2, 0) is 0 Å². The molecule has 0 radical (unpaired) electrons. The second kappa shape index (κ2) is 4.38. The van der Waals surface area contributed by atoms with E-state index in [4.69, 9.17) is 0 Å². The lowest BCUT2D eigenvalue weighted by molar-refractivity contribution is 0.0734. The summed E-state index contributed by atoms with van der Waals surface area (Å²) in [6.45, 7) is 2.69. The molecule has 0 bridgehead atoms. The van der Waals surface area contributed by atoms with Gasteiger partial charge < -0.3 is 4.90 Å². The molecular weight excluding hydrogens is 229 g/mol. The third-order valence-corrected chi connectivity index (χ3v) is 3.82. The van der Waals surface area contributed by atoms with Crippen molar-refractivity contribution in [2.24, 2.45) is 5.92 Å². The van der Waals surface area contributed by atoms with Crippen molar-refractivity contribution in [3.8, 4) is 0 Å². The van der Waals surface area contributed by atoms with Crippen LogP contribution in [0.3, 0.4) is 0 Å². The van der Waals surface area contributed by atoms with Gasteiger partial charge in [-0.2, -0.15) is 0 Å². The van der Waals surface area contributed by atoms with E-state index >= 15 is 0 Å². The number of carbonyl (C=O) groups excluding carboxylic acids is 1. The Balaban J connectivity index is 1.81. The van der Waals surface area contributed by atoms with E-state index in [1.807, 2.05) is 4.90 Å². The van der Waals surface area contributed by atoms with E-state index in [1.54, 1.807) is 13.0 Å². The highest BCUT2D eigenvalue weighted by Crippen LogP contribution is 2.35. The van der Waals surface area contributed by atoms with Crippen LogP contribution in [0.5, 0.6) is 0 Å². The molecule has 0 aromatic heterocycles. The van der Waals surface area contributed by atoms with Gasteiger partial charge in [0.1, 0.15) is 5.82 Å². The van der Waals surface area contributed by atoms with Gasteiger partial charge in [0.15, 0.2) is 0 Å². The molecule has 0 saturated heterocycles. The Bertz CT molecular complexity index is 477. The van der Waals surface area contributed by atoms with Crippen molar-refractivity contribution in [2.75, 3.05) is 6.54 Å². The van der Waals surface area contributed by atoms with Gasteiger partial charge >= 0.3 is 0 Å². The summed E-state index contributed by atoms with van der Waals surface area (Å²) in [5.74, 6) is 0.515. The van der Waals surface area contributed by atoms with Crippen LogP contribution in [-0.4, -0.2) is 23.4 Å². The predicted octanol–water partition coefficient (Wildman–Crippen LogP) is 3.15. The smallest absolute Gasteiger partial charge is 0.254 e. The molecule has 0 atom stereocenters. The number of rotatable bonds is 4. The minimum Gasteiger partial charge on any atom is -0.335 e. The van der Waals surface area contributed by atoms with E-state index in [1.165, 1.54) is 25.0 Å². The molecule has 18 heavy (non-hydrogen) atoms. The summed E-state index contributed by atoms with van der Waals surface area (Å²) < 4.78 is 13.1. The summed E-state index contributed by atoms with van der Waals surface area (Å²) in [5.41, 5.74) is 1.39. The molecule has 3 rings (SSSR count). The zero-order valence-corrected chi connectivity index (χ0v) is 10.7. The second-order valence-electron chi connectivity index (χ2n) is 5.59. The fourth-order valence-electron chi connectivity index (χ4n) is 2.38. The van der Waals surface area contributed by atoms with E-state index in [0.29, 0.717) is 17.5 Å². The largest absolute Gasteiger partial charge is 0.335 e. The molecule has 0 heterocycles. The molecule has 0 spiro atoms. The van der Waals surface area contributed by atoms with Crippen LogP contribution in [0.15, 0.2) is 18.2 Å². The molecule has 0 N–H and O–H groups in total. The summed E-state index contributed by atoms with van der Waals surface area (Å²) in [5, 5.41) is 0. The van der Waals surface area contributed by atoms with Gasteiger partial charge in [-0.15, -0.1) is 0 Å². The van der Waals surface area contributed by atoms with Crippen molar-refractivity contribution in [1.29, 1.82) is 0 Å². The second-order valence-corrected chi connectivity index (χ2v) is 5.59. The highest BCUT2D eigenvalue weighted by Gasteiger charge is 2.37. The van der Waals surface area contributed by atoms with E-state index in [9.17, 15) is 9.18 Å². The number of hydrogen-bond acceptors (Lipinski definition) is 1. The molecule has 3 heteroatoms. The topological polar surface area (TPSA) is 20.3 Å². The number of aryl methyl sites for hydroxylation is 1. The van der Waals surface area contributed by atoms with Gasteiger partial charge in [-0.05, 0) is 62.3 Å². The van der Waals surface area contributed by atoms with Crippen molar-refractivity contribution >= 4 is 5.91 Å². The lowest BCUT2D eigenvalue weighted by Crippen LogP contribution is -2.35. The van der Waals surface area contributed by atoms with Gasteiger partial charge in [0.2, 0.25) is 0 Å². The highest BCUT2D eigenvalue weighted by atomic mass is 19.1. The lowest BCUT2D eigenvalue weighted by atomic mass is 10.1. The molecule has 0 unspecified atom stereocenters. The third-order valence-electron chi connectivity index (χ3n) is 3.82. The Hall–Kier alpha value is -1.38. The van der Waals surface area contributed by atoms with Crippen molar-refractivity contribution in [2.45, 2.75) is 38.6 Å². The normalized spacial score (nSPS) is 18.8. The minimum atomic E-state index is -0.274. The number of nitrogens with zero attached hydrogens (tertiary/aromatic N) is 1. The molecule has 1 aromatic rings. The molecule has 1 aromatic carbocycles. The predicted molar refractivity (Wildman–Crippen MR) is 67.9 cm³/mol. The van der Waals surface area contributed by atoms with Crippen LogP contribution in [0.4, 0.5) is 4.39 Å². The first kappa shape index (κ1) is 11.7. The summed E-state index contributed by atoms with van der Waals surface area (Å²) in [6, 6.07) is 4.87. The monoisotopic (exact) mass is 247 g/mol. The van der Waals surface area contributed by atoms with Crippen molar-refractivity contribution in [3.05, 3.63) is 35.1 Å². The molecular formula is C15H18FNO. The third kappa shape index (κ3) is 2.40. The van der Waals surface area contributed by atoms with Crippen LogP contribution in [0.25, 0.3) is 0 Å². The lowest BCUT2D eigenvalue weighted by Gasteiger charge is -2.23. The average Bonchev–Trinajstić information content (AvgIpc) is 3.18. The molecule has 1 amide bonds. The fourth-order valence-corrected chi connectivity index (χ4v) is 2.38. The standard InChI is InChI=1S/C15H18FNO/c1-10-8-12(16)4-7-14(10)15(18)17(13-5-6-13)9-11-2-3-11/h4,7-8,11,13H,2-3,5-6,9H2,1H3. The van der Waals surface area contributed by atoms with Crippen molar-refractivity contribution in [1.82, 2.24) is 4.90 Å². The zero-order valence-electron chi connectivity index (χ0n) is 10.7. The number of amides is 1. The Labute approximate surface area is 107 Å². The number of benzene rings is 1. The van der Waals surface area contributed by atoms with Crippen LogP contribution in [0.1, 0.15) is 41.6 Å². The Morgan fingerprint density at radius 2 is 2.06 bits per heavy atom. The van der Waals surface area contributed by atoms with E-state index in [2.05, 4.69) is 0 Å².